The standard InChI is InChI=1S/C15H24N2O4/c18-13(3-1-2-4-14(19)20)17-15(21)16-9-12-8-10-5-6-11(12)7-10/h10-12H,1-9H2,(H,19,20)(H2,16,17,18,21). The van der Waals surface area contributed by atoms with Gasteiger partial charge in [-0.1, -0.05) is 6.42 Å². The van der Waals surface area contributed by atoms with Crippen molar-refractivity contribution in [1.29, 1.82) is 0 Å². The van der Waals surface area contributed by atoms with Gasteiger partial charge in [0.1, 0.15) is 0 Å². The van der Waals surface area contributed by atoms with E-state index in [1.807, 2.05) is 0 Å². The van der Waals surface area contributed by atoms with Crippen molar-refractivity contribution in [3.05, 3.63) is 0 Å². The van der Waals surface area contributed by atoms with Crippen LogP contribution in [0.2, 0.25) is 0 Å². The fourth-order valence-corrected chi connectivity index (χ4v) is 3.65. The second-order valence-corrected chi connectivity index (χ2v) is 6.29. The Morgan fingerprint density at radius 1 is 1.05 bits per heavy atom. The fraction of sp³-hybridized carbons (Fsp3) is 0.800. The monoisotopic (exact) mass is 296 g/mol. The van der Waals surface area contributed by atoms with Crippen LogP contribution in [-0.2, 0) is 9.59 Å². The minimum atomic E-state index is -0.862. The first-order valence-electron chi connectivity index (χ1n) is 7.84. The molecule has 6 heteroatoms. The second-order valence-electron chi connectivity index (χ2n) is 6.29. The molecule has 2 aliphatic carbocycles. The van der Waals surface area contributed by atoms with Crippen LogP contribution in [0.1, 0.15) is 51.4 Å². The van der Waals surface area contributed by atoms with Crippen molar-refractivity contribution >= 4 is 17.9 Å². The molecule has 3 unspecified atom stereocenters. The van der Waals surface area contributed by atoms with Crippen molar-refractivity contribution in [2.45, 2.75) is 51.4 Å². The molecule has 0 saturated heterocycles. The van der Waals surface area contributed by atoms with Gasteiger partial charge in [-0.2, -0.15) is 0 Å². The van der Waals surface area contributed by atoms with Crippen LogP contribution in [-0.4, -0.2) is 29.6 Å². The fourth-order valence-electron chi connectivity index (χ4n) is 3.65. The summed E-state index contributed by atoms with van der Waals surface area (Å²) in [6, 6.07) is -0.430. The maximum Gasteiger partial charge on any atom is 0.321 e. The first-order valence-corrected chi connectivity index (χ1v) is 7.84. The number of aliphatic carboxylic acids is 1. The number of carboxylic acid groups (broad SMARTS) is 1. The number of carboxylic acids is 1. The molecule has 0 radical (unpaired) electrons. The average Bonchev–Trinajstić information content (AvgIpc) is 3.03. The quantitative estimate of drug-likeness (QED) is 0.625. The van der Waals surface area contributed by atoms with Gasteiger partial charge in [0.15, 0.2) is 0 Å². The van der Waals surface area contributed by atoms with E-state index in [9.17, 15) is 14.4 Å². The van der Waals surface area contributed by atoms with Gasteiger partial charge < -0.3 is 10.4 Å². The largest absolute Gasteiger partial charge is 0.481 e. The van der Waals surface area contributed by atoms with Crippen LogP contribution in [0.25, 0.3) is 0 Å². The molecule has 2 rings (SSSR count). The van der Waals surface area contributed by atoms with Gasteiger partial charge in [0, 0.05) is 19.4 Å². The summed E-state index contributed by atoms with van der Waals surface area (Å²) in [5.74, 6) is 0.966. The molecule has 2 aliphatic rings. The molecule has 2 fully saturated rings. The van der Waals surface area contributed by atoms with E-state index in [0.717, 1.165) is 11.8 Å². The molecule has 2 saturated carbocycles. The lowest BCUT2D eigenvalue weighted by Crippen LogP contribution is -2.42. The first kappa shape index (κ1) is 15.8. The first-order chi connectivity index (χ1) is 10.0. The third kappa shape index (κ3) is 5.02. The molecule has 3 atom stereocenters. The number of imide groups is 1. The summed E-state index contributed by atoms with van der Waals surface area (Å²) >= 11 is 0. The molecular formula is C15H24N2O4. The molecule has 3 N–H and O–H groups in total. The van der Waals surface area contributed by atoms with Crippen molar-refractivity contribution in [3.63, 3.8) is 0 Å². The predicted octanol–water partition coefficient (Wildman–Crippen LogP) is 1.89. The number of carbonyl (C=O) groups excluding carboxylic acids is 2. The number of carbonyl (C=O) groups is 3. The van der Waals surface area contributed by atoms with Crippen molar-refractivity contribution < 1.29 is 19.5 Å². The van der Waals surface area contributed by atoms with Crippen LogP contribution in [0.5, 0.6) is 0 Å². The zero-order valence-corrected chi connectivity index (χ0v) is 12.3. The Morgan fingerprint density at radius 3 is 2.43 bits per heavy atom. The van der Waals surface area contributed by atoms with Crippen LogP contribution >= 0.6 is 0 Å². The molecule has 0 heterocycles. The number of rotatable bonds is 7. The summed E-state index contributed by atoms with van der Waals surface area (Å²) < 4.78 is 0. The Hall–Kier alpha value is -1.59. The van der Waals surface area contributed by atoms with E-state index < -0.39 is 12.0 Å². The van der Waals surface area contributed by atoms with E-state index in [4.69, 9.17) is 5.11 Å². The van der Waals surface area contributed by atoms with E-state index in [-0.39, 0.29) is 18.7 Å². The van der Waals surface area contributed by atoms with Gasteiger partial charge in [0.2, 0.25) is 5.91 Å². The van der Waals surface area contributed by atoms with Crippen LogP contribution in [0, 0.1) is 17.8 Å². The summed E-state index contributed by atoms with van der Waals surface area (Å²) in [6.45, 7) is 0.652. The lowest BCUT2D eigenvalue weighted by atomic mass is 9.89. The zero-order chi connectivity index (χ0) is 15.2. The Kier molecular flexibility index (Phi) is 5.59. The number of unbranched alkanes of at least 4 members (excludes halogenated alkanes) is 1. The average molecular weight is 296 g/mol. The Labute approximate surface area is 124 Å². The Bertz CT molecular complexity index is 410. The molecule has 0 aromatic rings. The Balaban J connectivity index is 1.54. The zero-order valence-electron chi connectivity index (χ0n) is 12.3. The van der Waals surface area contributed by atoms with Gasteiger partial charge in [0.05, 0.1) is 0 Å². The van der Waals surface area contributed by atoms with Crippen molar-refractivity contribution in [2.24, 2.45) is 17.8 Å². The van der Waals surface area contributed by atoms with Crippen molar-refractivity contribution in [2.75, 3.05) is 6.54 Å². The highest BCUT2D eigenvalue weighted by molar-refractivity contribution is 5.94. The maximum atomic E-state index is 11.6. The molecule has 0 aromatic carbocycles. The summed E-state index contributed by atoms with van der Waals surface area (Å²) in [6.07, 6.45) is 6.31. The highest BCUT2D eigenvalue weighted by Gasteiger charge is 2.39. The number of fused-ring (bicyclic) bond motifs is 2. The second kappa shape index (κ2) is 7.43. The topological polar surface area (TPSA) is 95.5 Å². The van der Waals surface area contributed by atoms with Gasteiger partial charge in [0.25, 0.3) is 0 Å². The third-order valence-electron chi connectivity index (χ3n) is 4.71. The minimum absolute atomic E-state index is 0.0592. The lowest BCUT2D eigenvalue weighted by molar-refractivity contribution is -0.137. The predicted molar refractivity (Wildman–Crippen MR) is 76.6 cm³/mol. The van der Waals surface area contributed by atoms with Crippen molar-refractivity contribution in [1.82, 2.24) is 10.6 Å². The molecule has 118 valence electrons. The summed E-state index contributed by atoms with van der Waals surface area (Å²) in [4.78, 5) is 33.4. The van der Waals surface area contributed by atoms with Crippen molar-refractivity contribution in [3.8, 4) is 0 Å². The van der Waals surface area contributed by atoms with E-state index in [2.05, 4.69) is 10.6 Å². The molecular weight excluding hydrogens is 272 g/mol. The molecule has 21 heavy (non-hydrogen) atoms. The number of nitrogens with one attached hydrogen (secondary N) is 2. The number of hydrogen-bond acceptors (Lipinski definition) is 3. The van der Waals surface area contributed by atoms with Crippen LogP contribution in [0.3, 0.4) is 0 Å². The van der Waals surface area contributed by atoms with Crippen LogP contribution in [0.4, 0.5) is 4.79 Å². The number of amides is 3. The summed E-state index contributed by atoms with van der Waals surface area (Å²) in [7, 11) is 0. The van der Waals surface area contributed by atoms with E-state index in [1.54, 1.807) is 0 Å². The van der Waals surface area contributed by atoms with E-state index >= 15 is 0 Å². The SMILES string of the molecule is O=C(O)CCCCC(=O)NC(=O)NCC1CC2CCC1C2. The number of hydrogen-bond donors (Lipinski definition) is 3. The van der Waals surface area contributed by atoms with Gasteiger partial charge in [-0.15, -0.1) is 0 Å². The van der Waals surface area contributed by atoms with Gasteiger partial charge in [-0.3, -0.25) is 14.9 Å². The lowest BCUT2D eigenvalue weighted by Gasteiger charge is -2.21. The summed E-state index contributed by atoms with van der Waals surface area (Å²) in [5.41, 5.74) is 0. The molecule has 0 spiro atoms. The highest BCUT2D eigenvalue weighted by Crippen LogP contribution is 2.47. The molecule has 0 aliphatic heterocycles. The van der Waals surface area contributed by atoms with Gasteiger partial charge in [-0.25, -0.2) is 4.79 Å². The number of urea groups is 1. The highest BCUT2D eigenvalue weighted by atomic mass is 16.4. The normalized spacial score (nSPS) is 26.6. The van der Waals surface area contributed by atoms with Gasteiger partial charge >= 0.3 is 12.0 Å². The minimum Gasteiger partial charge on any atom is -0.481 e. The smallest absolute Gasteiger partial charge is 0.321 e. The van der Waals surface area contributed by atoms with E-state index in [0.29, 0.717) is 25.3 Å². The van der Waals surface area contributed by atoms with Crippen LogP contribution < -0.4 is 10.6 Å². The molecule has 6 nitrogen and oxygen atoms in total. The summed E-state index contributed by atoms with van der Waals surface area (Å²) in [5, 5.41) is 13.6. The Morgan fingerprint density at radius 2 is 1.81 bits per heavy atom. The molecule has 2 bridgehead atoms. The molecule has 3 amide bonds. The molecule has 0 aromatic heterocycles. The third-order valence-corrected chi connectivity index (χ3v) is 4.71. The maximum absolute atomic E-state index is 11.6. The van der Waals surface area contributed by atoms with Gasteiger partial charge in [-0.05, 0) is 49.9 Å². The van der Waals surface area contributed by atoms with E-state index in [1.165, 1.54) is 25.7 Å². The van der Waals surface area contributed by atoms with Crippen LogP contribution in [0.15, 0.2) is 0 Å².